The van der Waals surface area contributed by atoms with Crippen LogP contribution in [0, 0.1) is 0 Å². The summed E-state index contributed by atoms with van der Waals surface area (Å²) in [6.07, 6.45) is 1.21. The SMILES string of the molecule is C[C@H](CC(=O)NCc1ccco1)NC(=O)OC(C)(C)C. The lowest BCUT2D eigenvalue weighted by atomic mass is 10.2. The van der Waals surface area contributed by atoms with Gasteiger partial charge in [-0.05, 0) is 39.8 Å². The van der Waals surface area contributed by atoms with Crippen LogP contribution in [0.25, 0.3) is 0 Å². The number of nitrogens with one attached hydrogen (secondary N) is 2. The Bertz CT molecular complexity index is 435. The molecular formula is C14H22N2O4. The molecule has 6 nitrogen and oxygen atoms in total. The van der Waals surface area contributed by atoms with E-state index in [0.29, 0.717) is 12.3 Å². The van der Waals surface area contributed by atoms with Crippen molar-refractivity contribution >= 4 is 12.0 Å². The van der Waals surface area contributed by atoms with Gasteiger partial charge in [0.05, 0.1) is 12.8 Å². The van der Waals surface area contributed by atoms with Crippen molar-refractivity contribution in [1.29, 1.82) is 0 Å². The van der Waals surface area contributed by atoms with Crippen LogP contribution in [0.5, 0.6) is 0 Å². The molecule has 0 aliphatic rings. The van der Waals surface area contributed by atoms with Gasteiger partial charge in [0, 0.05) is 12.5 Å². The van der Waals surface area contributed by atoms with Gasteiger partial charge in [-0.15, -0.1) is 0 Å². The monoisotopic (exact) mass is 282 g/mol. The molecule has 0 bridgehead atoms. The van der Waals surface area contributed by atoms with Crippen molar-refractivity contribution in [3.05, 3.63) is 24.2 Å². The van der Waals surface area contributed by atoms with Crippen molar-refractivity contribution < 1.29 is 18.7 Å². The van der Waals surface area contributed by atoms with E-state index < -0.39 is 11.7 Å². The number of hydrogen-bond acceptors (Lipinski definition) is 4. The Hall–Kier alpha value is -1.98. The van der Waals surface area contributed by atoms with Gasteiger partial charge in [-0.3, -0.25) is 4.79 Å². The fraction of sp³-hybridized carbons (Fsp3) is 0.571. The fourth-order valence-electron chi connectivity index (χ4n) is 1.51. The lowest BCUT2D eigenvalue weighted by molar-refractivity contribution is -0.121. The van der Waals surface area contributed by atoms with Gasteiger partial charge in [-0.1, -0.05) is 0 Å². The molecular weight excluding hydrogens is 260 g/mol. The molecule has 0 saturated carbocycles. The number of ether oxygens (including phenoxy) is 1. The van der Waals surface area contributed by atoms with Gasteiger partial charge < -0.3 is 19.8 Å². The van der Waals surface area contributed by atoms with Crippen LogP contribution < -0.4 is 10.6 Å². The second kappa shape index (κ2) is 6.98. The average Bonchev–Trinajstić information content (AvgIpc) is 2.75. The highest BCUT2D eigenvalue weighted by Gasteiger charge is 2.18. The van der Waals surface area contributed by atoms with Crippen LogP contribution in [0.3, 0.4) is 0 Å². The first-order valence-electron chi connectivity index (χ1n) is 6.55. The molecule has 0 spiro atoms. The van der Waals surface area contributed by atoms with Crippen LogP contribution >= 0.6 is 0 Å². The molecule has 0 aromatic carbocycles. The maximum atomic E-state index is 11.7. The zero-order chi connectivity index (χ0) is 15.2. The van der Waals surface area contributed by atoms with E-state index in [0.717, 1.165) is 0 Å². The molecule has 1 aromatic rings. The smallest absolute Gasteiger partial charge is 0.407 e. The van der Waals surface area contributed by atoms with Crippen LogP contribution in [0.2, 0.25) is 0 Å². The molecule has 0 radical (unpaired) electrons. The predicted molar refractivity (Wildman–Crippen MR) is 74.0 cm³/mol. The highest BCUT2D eigenvalue weighted by Crippen LogP contribution is 2.07. The summed E-state index contributed by atoms with van der Waals surface area (Å²) in [5.74, 6) is 0.524. The quantitative estimate of drug-likeness (QED) is 0.867. The first-order chi connectivity index (χ1) is 9.26. The van der Waals surface area contributed by atoms with Gasteiger partial charge in [0.1, 0.15) is 11.4 Å². The van der Waals surface area contributed by atoms with Crippen LogP contribution in [-0.2, 0) is 16.1 Å². The number of furan rings is 1. The number of alkyl carbamates (subject to hydrolysis) is 1. The highest BCUT2D eigenvalue weighted by atomic mass is 16.6. The lowest BCUT2D eigenvalue weighted by Crippen LogP contribution is -2.40. The molecule has 1 heterocycles. The van der Waals surface area contributed by atoms with Gasteiger partial charge in [-0.2, -0.15) is 0 Å². The molecule has 0 aliphatic carbocycles. The maximum absolute atomic E-state index is 11.7. The maximum Gasteiger partial charge on any atom is 0.407 e. The normalized spacial score (nSPS) is 12.6. The van der Waals surface area contributed by atoms with Crippen LogP contribution in [0.1, 0.15) is 39.9 Å². The first-order valence-corrected chi connectivity index (χ1v) is 6.55. The van der Waals surface area contributed by atoms with E-state index in [1.54, 1.807) is 46.1 Å². The molecule has 1 aromatic heterocycles. The second-order valence-corrected chi connectivity index (χ2v) is 5.61. The largest absolute Gasteiger partial charge is 0.467 e. The van der Waals surface area contributed by atoms with Crippen LogP contribution in [0.15, 0.2) is 22.8 Å². The summed E-state index contributed by atoms with van der Waals surface area (Å²) in [4.78, 5) is 23.2. The molecule has 0 unspecified atom stereocenters. The summed E-state index contributed by atoms with van der Waals surface area (Å²) >= 11 is 0. The van der Waals surface area contributed by atoms with Gasteiger partial charge in [-0.25, -0.2) is 4.79 Å². The number of carbonyl (C=O) groups is 2. The Kier molecular flexibility index (Phi) is 5.61. The Morgan fingerprint density at radius 1 is 1.40 bits per heavy atom. The Morgan fingerprint density at radius 3 is 2.65 bits per heavy atom. The van der Waals surface area contributed by atoms with Gasteiger partial charge >= 0.3 is 6.09 Å². The number of carbonyl (C=O) groups excluding carboxylic acids is 2. The highest BCUT2D eigenvalue weighted by molar-refractivity contribution is 5.77. The molecule has 1 rings (SSSR count). The van der Waals surface area contributed by atoms with Crippen molar-refractivity contribution in [2.75, 3.05) is 0 Å². The minimum atomic E-state index is -0.550. The van der Waals surface area contributed by atoms with E-state index in [-0.39, 0.29) is 18.4 Å². The van der Waals surface area contributed by atoms with Gasteiger partial charge in [0.25, 0.3) is 0 Å². The van der Waals surface area contributed by atoms with E-state index >= 15 is 0 Å². The van der Waals surface area contributed by atoms with E-state index in [2.05, 4.69) is 10.6 Å². The topological polar surface area (TPSA) is 80.6 Å². The average molecular weight is 282 g/mol. The van der Waals surface area contributed by atoms with Crippen molar-refractivity contribution in [2.24, 2.45) is 0 Å². The lowest BCUT2D eigenvalue weighted by Gasteiger charge is -2.21. The van der Waals surface area contributed by atoms with Gasteiger partial charge in [0.2, 0.25) is 5.91 Å². The molecule has 2 amide bonds. The summed E-state index contributed by atoms with van der Waals surface area (Å²) in [5, 5.41) is 5.33. The van der Waals surface area contributed by atoms with Gasteiger partial charge in [0.15, 0.2) is 0 Å². The van der Waals surface area contributed by atoms with Crippen molar-refractivity contribution in [3.8, 4) is 0 Å². The minimum Gasteiger partial charge on any atom is -0.467 e. The molecule has 20 heavy (non-hydrogen) atoms. The third-order valence-electron chi connectivity index (χ3n) is 2.29. The number of hydrogen-bond donors (Lipinski definition) is 2. The van der Waals surface area contributed by atoms with Crippen LogP contribution in [0.4, 0.5) is 4.79 Å². The molecule has 6 heteroatoms. The Balaban J connectivity index is 2.25. The van der Waals surface area contributed by atoms with Crippen molar-refractivity contribution in [1.82, 2.24) is 10.6 Å². The molecule has 0 aliphatic heterocycles. The molecule has 0 fully saturated rings. The zero-order valence-electron chi connectivity index (χ0n) is 12.4. The molecule has 1 atom stereocenters. The number of amides is 2. The van der Waals surface area contributed by atoms with E-state index in [1.807, 2.05) is 0 Å². The fourth-order valence-corrected chi connectivity index (χ4v) is 1.51. The summed E-state index contributed by atoms with van der Waals surface area (Å²) in [7, 11) is 0. The zero-order valence-corrected chi connectivity index (χ0v) is 12.4. The van der Waals surface area contributed by atoms with Crippen LogP contribution in [-0.4, -0.2) is 23.6 Å². The Morgan fingerprint density at radius 2 is 2.10 bits per heavy atom. The van der Waals surface area contributed by atoms with E-state index in [4.69, 9.17) is 9.15 Å². The van der Waals surface area contributed by atoms with Crippen molar-refractivity contribution in [3.63, 3.8) is 0 Å². The predicted octanol–water partition coefficient (Wildman–Crippen LogP) is 2.20. The van der Waals surface area contributed by atoms with E-state index in [1.165, 1.54) is 0 Å². The summed E-state index contributed by atoms with van der Waals surface area (Å²) in [6.45, 7) is 7.44. The third kappa shape index (κ3) is 6.82. The summed E-state index contributed by atoms with van der Waals surface area (Å²) < 4.78 is 10.2. The Labute approximate surface area is 118 Å². The summed E-state index contributed by atoms with van der Waals surface area (Å²) in [5.41, 5.74) is -0.550. The van der Waals surface area contributed by atoms with Crippen molar-refractivity contribution in [2.45, 2.75) is 52.3 Å². The standard InChI is InChI=1S/C14H22N2O4/c1-10(16-13(18)20-14(2,3)4)8-12(17)15-9-11-6-5-7-19-11/h5-7,10H,8-9H2,1-4H3,(H,15,17)(H,16,18)/t10-/m1/s1. The molecule has 2 N–H and O–H groups in total. The molecule has 112 valence electrons. The second-order valence-electron chi connectivity index (χ2n) is 5.61. The minimum absolute atomic E-state index is 0.162. The first kappa shape index (κ1) is 16.1. The third-order valence-corrected chi connectivity index (χ3v) is 2.29. The summed E-state index contributed by atoms with van der Waals surface area (Å²) in [6, 6.07) is 3.23. The number of rotatable bonds is 5. The van der Waals surface area contributed by atoms with E-state index in [9.17, 15) is 9.59 Å². The molecule has 0 saturated heterocycles.